The highest BCUT2D eigenvalue weighted by molar-refractivity contribution is 5.29. The van der Waals surface area contributed by atoms with Gasteiger partial charge in [-0.3, -0.25) is 0 Å². The highest BCUT2D eigenvalue weighted by Gasteiger charge is 2.10. The number of benzene rings is 1. The Morgan fingerprint density at radius 2 is 2.00 bits per heavy atom. The van der Waals surface area contributed by atoms with Crippen molar-refractivity contribution in [3.05, 3.63) is 46.8 Å². The molecule has 0 atom stereocenters. The van der Waals surface area contributed by atoms with Crippen LogP contribution in [-0.4, -0.2) is 9.78 Å². The number of aromatic nitrogens is 2. The van der Waals surface area contributed by atoms with Crippen LogP contribution in [0.25, 0.3) is 5.69 Å². The average molecular weight is 218 g/mol. The van der Waals surface area contributed by atoms with E-state index >= 15 is 0 Å². The van der Waals surface area contributed by atoms with Crippen LogP contribution in [0.2, 0.25) is 0 Å². The molecule has 0 saturated heterocycles. The Hall–Kier alpha value is -1.84. The van der Waals surface area contributed by atoms with Gasteiger partial charge in [0.05, 0.1) is 5.69 Å². The molecular weight excluding hydrogens is 204 g/mol. The molecule has 0 saturated carbocycles. The third-order valence-electron chi connectivity index (χ3n) is 2.17. The van der Waals surface area contributed by atoms with Gasteiger partial charge in [0.25, 0.3) is 0 Å². The number of rotatable bonds is 3. The second-order valence-corrected chi connectivity index (χ2v) is 4.11. The zero-order chi connectivity index (χ0) is 11.5. The summed E-state index contributed by atoms with van der Waals surface area (Å²) in [7, 11) is 0. The predicted octanol–water partition coefficient (Wildman–Crippen LogP) is 2.02. The maximum absolute atomic E-state index is 11.6. The molecule has 16 heavy (non-hydrogen) atoms. The van der Waals surface area contributed by atoms with Crippen LogP contribution >= 0.6 is 0 Å². The molecule has 0 bridgehead atoms. The fourth-order valence-electron chi connectivity index (χ4n) is 1.48. The van der Waals surface area contributed by atoms with Crippen LogP contribution in [-0.2, 0) is 6.42 Å². The van der Waals surface area contributed by atoms with E-state index in [4.69, 9.17) is 4.42 Å². The third-order valence-corrected chi connectivity index (χ3v) is 2.17. The molecule has 1 aromatic carbocycles. The van der Waals surface area contributed by atoms with E-state index in [1.807, 2.05) is 30.3 Å². The first-order valence-corrected chi connectivity index (χ1v) is 5.31. The Labute approximate surface area is 93.5 Å². The molecule has 4 heteroatoms. The number of hydrogen-bond acceptors (Lipinski definition) is 3. The smallest absolute Gasteiger partial charge is 0.392 e. The minimum Gasteiger partial charge on any atom is -0.392 e. The maximum Gasteiger partial charge on any atom is 0.441 e. The Morgan fingerprint density at radius 3 is 2.62 bits per heavy atom. The molecule has 0 N–H and O–H groups in total. The molecule has 0 unspecified atom stereocenters. The van der Waals surface area contributed by atoms with E-state index in [-0.39, 0.29) is 0 Å². The minimum absolute atomic E-state index is 0.419. The van der Waals surface area contributed by atoms with E-state index in [9.17, 15) is 4.79 Å². The molecule has 0 aliphatic heterocycles. The Kier molecular flexibility index (Phi) is 2.90. The molecular formula is C12H14N2O2. The van der Waals surface area contributed by atoms with Crippen molar-refractivity contribution in [3.63, 3.8) is 0 Å². The number of hydrogen-bond donors (Lipinski definition) is 0. The van der Waals surface area contributed by atoms with Gasteiger partial charge < -0.3 is 4.42 Å². The molecule has 1 heterocycles. The summed E-state index contributed by atoms with van der Waals surface area (Å²) in [5.74, 6) is 0.480. The fourth-order valence-corrected chi connectivity index (χ4v) is 1.48. The van der Waals surface area contributed by atoms with Crippen LogP contribution in [0.4, 0.5) is 0 Å². The Balaban J connectivity index is 2.36. The summed E-state index contributed by atoms with van der Waals surface area (Å²) in [6.45, 7) is 4.11. The number of para-hydroxylation sites is 1. The van der Waals surface area contributed by atoms with E-state index in [0.29, 0.717) is 18.2 Å². The monoisotopic (exact) mass is 218 g/mol. The first-order chi connectivity index (χ1) is 7.66. The van der Waals surface area contributed by atoms with E-state index in [1.54, 1.807) is 0 Å². The molecule has 0 amide bonds. The molecule has 2 rings (SSSR count). The quantitative estimate of drug-likeness (QED) is 0.791. The molecule has 4 nitrogen and oxygen atoms in total. The topological polar surface area (TPSA) is 48.0 Å². The molecule has 2 aromatic rings. The molecule has 0 spiro atoms. The first kappa shape index (κ1) is 10.7. The van der Waals surface area contributed by atoms with Crippen molar-refractivity contribution in [2.24, 2.45) is 5.92 Å². The van der Waals surface area contributed by atoms with Crippen LogP contribution in [0.1, 0.15) is 19.7 Å². The molecule has 84 valence electrons. The molecule has 0 radical (unpaired) electrons. The zero-order valence-electron chi connectivity index (χ0n) is 9.38. The van der Waals surface area contributed by atoms with Gasteiger partial charge in [0.1, 0.15) is 0 Å². The third kappa shape index (κ3) is 2.21. The minimum atomic E-state index is -0.429. The van der Waals surface area contributed by atoms with Crippen LogP contribution in [0, 0.1) is 5.92 Å². The predicted molar refractivity (Wildman–Crippen MR) is 60.6 cm³/mol. The van der Waals surface area contributed by atoms with Crippen molar-refractivity contribution >= 4 is 0 Å². The molecule has 0 aliphatic rings. The summed E-state index contributed by atoms with van der Waals surface area (Å²) < 4.78 is 6.37. The molecule has 0 fully saturated rings. The standard InChI is InChI=1S/C12H14N2O2/c1-9(2)8-11-13-14(12(15)16-11)10-6-4-3-5-7-10/h3-7,9H,8H2,1-2H3. The van der Waals surface area contributed by atoms with E-state index in [1.165, 1.54) is 4.68 Å². The van der Waals surface area contributed by atoms with Crippen LogP contribution in [0.3, 0.4) is 0 Å². The van der Waals surface area contributed by atoms with Crippen molar-refractivity contribution in [2.45, 2.75) is 20.3 Å². The van der Waals surface area contributed by atoms with Gasteiger partial charge in [0.15, 0.2) is 0 Å². The lowest BCUT2D eigenvalue weighted by Crippen LogP contribution is -2.13. The van der Waals surface area contributed by atoms with E-state index in [0.717, 1.165) is 5.69 Å². The van der Waals surface area contributed by atoms with Gasteiger partial charge in [-0.2, -0.15) is 4.68 Å². The van der Waals surface area contributed by atoms with Crippen molar-refractivity contribution in [3.8, 4) is 5.69 Å². The van der Waals surface area contributed by atoms with Crippen LogP contribution in [0.15, 0.2) is 39.5 Å². The van der Waals surface area contributed by atoms with Crippen molar-refractivity contribution < 1.29 is 4.42 Å². The van der Waals surface area contributed by atoms with E-state index < -0.39 is 5.76 Å². The fraction of sp³-hybridized carbons (Fsp3) is 0.333. The summed E-state index contributed by atoms with van der Waals surface area (Å²) in [6.07, 6.45) is 0.676. The number of nitrogens with zero attached hydrogens (tertiary/aromatic N) is 2. The maximum atomic E-state index is 11.6. The average Bonchev–Trinajstić information content (AvgIpc) is 2.60. The van der Waals surface area contributed by atoms with Crippen molar-refractivity contribution in [2.75, 3.05) is 0 Å². The van der Waals surface area contributed by atoms with Gasteiger partial charge in [-0.15, -0.1) is 5.10 Å². The van der Waals surface area contributed by atoms with Crippen LogP contribution < -0.4 is 5.76 Å². The highest BCUT2D eigenvalue weighted by Crippen LogP contribution is 2.06. The molecule has 0 aliphatic carbocycles. The SMILES string of the molecule is CC(C)Cc1nn(-c2ccccc2)c(=O)o1. The lowest BCUT2D eigenvalue weighted by atomic mass is 10.1. The lowest BCUT2D eigenvalue weighted by molar-refractivity contribution is 0.432. The van der Waals surface area contributed by atoms with E-state index in [2.05, 4.69) is 18.9 Å². The normalized spacial score (nSPS) is 10.9. The summed E-state index contributed by atoms with van der Waals surface area (Å²) in [6, 6.07) is 9.26. The van der Waals surface area contributed by atoms with Gasteiger partial charge in [-0.25, -0.2) is 4.79 Å². The Morgan fingerprint density at radius 1 is 1.31 bits per heavy atom. The second kappa shape index (κ2) is 4.35. The summed E-state index contributed by atoms with van der Waals surface area (Å²) in [5, 5.41) is 4.16. The Bertz CT molecular complexity index is 511. The van der Waals surface area contributed by atoms with Crippen molar-refractivity contribution in [1.82, 2.24) is 9.78 Å². The molecule has 1 aromatic heterocycles. The lowest BCUT2D eigenvalue weighted by Gasteiger charge is -1.97. The van der Waals surface area contributed by atoms with Gasteiger partial charge in [-0.05, 0) is 18.1 Å². The largest absolute Gasteiger partial charge is 0.441 e. The van der Waals surface area contributed by atoms with Gasteiger partial charge in [0.2, 0.25) is 5.89 Å². The summed E-state index contributed by atoms with van der Waals surface area (Å²) in [4.78, 5) is 11.6. The van der Waals surface area contributed by atoms with Crippen LogP contribution in [0.5, 0.6) is 0 Å². The van der Waals surface area contributed by atoms with Gasteiger partial charge >= 0.3 is 5.76 Å². The second-order valence-electron chi connectivity index (χ2n) is 4.11. The zero-order valence-corrected chi connectivity index (χ0v) is 9.38. The first-order valence-electron chi connectivity index (χ1n) is 5.31. The summed E-state index contributed by atoms with van der Waals surface area (Å²) in [5.41, 5.74) is 0.728. The van der Waals surface area contributed by atoms with Gasteiger partial charge in [0, 0.05) is 6.42 Å². The van der Waals surface area contributed by atoms with Gasteiger partial charge in [-0.1, -0.05) is 32.0 Å². The highest BCUT2D eigenvalue weighted by atomic mass is 16.4. The van der Waals surface area contributed by atoms with Crippen molar-refractivity contribution in [1.29, 1.82) is 0 Å². The summed E-state index contributed by atoms with van der Waals surface area (Å²) >= 11 is 0.